The molecule has 0 fully saturated rings. The second-order valence-corrected chi connectivity index (χ2v) is 6.19. The Morgan fingerprint density at radius 1 is 1.27 bits per heavy atom. The van der Waals surface area contributed by atoms with E-state index in [1.165, 1.54) is 11.3 Å². The molecule has 3 aromatic rings. The molecule has 3 heterocycles. The van der Waals surface area contributed by atoms with Gasteiger partial charge in [0.15, 0.2) is 5.82 Å². The molecule has 0 unspecified atom stereocenters. The van der Waals surface area contributed by atoms with Crippen LogP contribution >= 0.6 is 11.3 Å². The number of aromatic nitrogens is 3. The molecule has 0 radical (unpaired) electrons. The van der Waals surface area contributed by atoms with E-state index < -0.39 is 0 Å². The Bertz CT molecular complexity index is 763. The molecule has 0 spiro atoms. The number of pyridine rings is 1. The van der Waals surface area contributed by atoms with Crippen molar-refractivity contribution in [1.29, 1.82) is 0 Å². The second kappa shape index (κ2) is 6.53. The maximum Gasteiger partial charge on any atom is 0.266 e. The number of aryl methyl sites for hydroxylation is 3. The Morgan fingerprint density at radius 3 is 2.91 bits per heavy atom. The summed E-state index contributed by atoms with van der Waals surface area (Å²) in [5.41, 5.74) is 1.03. The summed E-state index contributed by atoms with van der Waals surface area (Å²) in [6, 6.07) is 11.4. The molecule has 3 aromatic heterocycles. The fraction of sp³-hybridized carbons (Fsp3) is 0.188. The van der Waals surface area contributed by atoms with Crippen molar-refractivity contribution >= 4 is 23.1 Å². The van der Waals surface area contributed by atoms with Crippen molar-refractivity contribution < 1.29 is 4.79 Å². The number of nitrogens with zero attached hydrogens (tertiary/aromatic N) is 3. The van der Waals surface area contributed by atoms with E-state index in [9.17, 15) is 4.79 Å². The van der Waals surface area contributed by atoms with E-state index in [1.54, 1.807) is 12.3 Å². The van der Waals surface area contributed by atoms with Crippen LogP contribution < -0.4 is 5.32 Å². The zero-order chi connectivity index (χ0) is 15.4. The quantitative estimate of drug-likeness (QED) is 0.787. The number of hydrogen-bond acceptors (Lipinski definition) is 4. The Balaban J connectivity index is 1.58. The third-order valence-corrected chi connectivity index (χ3v) is 4.17. The van der Waals surface area contributed by atoms with Crippen molar-refractivity contribution in [3.05, 3.63) is 64.2 Å². The third kappa shape index (κ3) is 3.59. The Hall–Kier alpha value is -2.47. The van der Waals surface area contributed by atoms with E-state index in [0.29, 0.717) is 10.7 Å². The second-order valence-electron chi connectivity index (χ2n) is 4.90. The highest BCUT2D eigenvalue weighted by atomic mass is 32.1. The van der Waals surface area contributed by atoms with Gasteiger partial charge in [-0.2, -0.15) is 5.10 Å². The topological polar surface area (TPSA) is 59.8 Å². The van der Waals surface area contributed by atoms with Gasteiger partial charge in [0.1, 0.15) is 0 Å². The average Bonchev–Trinajstić information content (AvgIpc) is 3.15. The van der Waals surface area contributed by atoms with E-state index in [-0.39, 0.29) is 5.91 Å². The number of hydrogen-bond donors (Lipinski definition) is 1. The first kappa shape index (κ1) is 14.5. The van der Waals surface area contributed by atoms with Crippen molar-refractivity contribution in [3.63, 3.8) is 0 Å². The van der Waals surface area contributed by atoms with Crippen LogP contribution in [0.2, 0.25) is 0 Å². The molecule has 0 saturated carbocycles. The van der Waals surface area contributed by atoms with Gasteiger partial charge in [-0.05, 0) is 31.2 Å². The fourth-order valence-corrected chi connectivity index (χ4v) is 2.83. The molecule has 0 aliphatic rings. The van der Waals surface area contributed by atoms with Gasteiger partial charge >= 0.3 is 0 Å². The van der Waals surface area contributed by atoms with E-state index in [1.807, 2.05) is 48.1 Å². The van der Waals surface area contributed by atoms with E-state index in [4.69, 9.17) is 0 Å². The van der Waals surface area contributed by atoms with Gasteiger partial charge < -0.3 is 5.32 Å². The lowest BCUT2D eigenvalue weighted by Crippen LogP contribution is -2.11. The molecule has 0 aromatic carbocycles. The lowest BCUT2D eigenvalue weighted by Gasteiger charge is -2.02. The Labute approximate surface area is 132 Å². The summed E-state index contributed by atoms with van der Waals surface area (Å²) in [6.45, 7) is 2.71. The smallest absolute Gasteiger partial charge is 0.266 e. The monoisotopic (exact) mass is 312 g/mol. The first-order chi connectivity index (χ1) is 10.7. The van der Waals surface area contributed by atoms with Gasteiger partial charge in [0.2, 0.25) is 0 Å². The van der Waals surface area contributed by atoms with Gasteiger partial charge in [-0.15, -0.1) is 11.3 Å². The number of carbonyl (C=O) groups excluding carboxylic acids is 1. The third-order valence-electron chi connectivity index (χ3n) is 3.17. The molecular formula is C16H16N4OS. The maximum absolute atomic E-state index is 12.1. The number of amides is 1. The minimum absolute atomic E-state index is 0.118. The van der Waals surface area contributed by atoms with Crippen LogP contribution in [0.5, 0.6) is 0 Å². The van der Waals surface area contributed by atoms with Crippen molar-refractivity contribution in [3.8, 4) is 0 Å². The van der Waals surface area contributed by atoms with Crippen molar-refractivity contribution in [2.75, 3.05) is 5.32 Å². The molecule has 0 aliphatic heterocycles. The summed E-state index contributed by atoms with van der Waals surface area (Å²) in [4.78, 5) is 18.1. The van der Waals surface area contributed by atoms with Gasteiger partial charge in [0.05, 0.1) is 4.88 Å². The van der Waals surface area contributed by atoms with Gasteiger partial charge in [-0.1, -0.05) is 6.07 Å². The molecular weight excluding hydrogens is 296 g/mol. The van der Waals surface area contributed by atoms with Crippen LogP contribution in [0.4, 0.5) is 5.82 Å². The largest absolute Gasteiger partial charge is 0.304 e. The molecule has 3 rings (SSSR count). The normalized spacial score (nSPS) is 10.6. The standard InChI is InChI=1S/C16H16N4OS/c1-12-5-6-14(22-12)16(21)18-15-8-11-20(19-15)10-7-13-4-2-3-9-17-13/h2-6,8-9,11H,7,10H2,1H3,(H,18,19,21). The predicted molar refractivity (Wildman–Crippen MR) is 87.2 cm³/mol. The fourth-order valence-electron chi connectivity index (χ4n) is 2.06. The molecule has 1 amide bonds. The number of rotatable bonds is 5. The van der Waals surface area contributed by atoms with Crippen LogP contribution in [0.25, 0.3) is 0 Å². The zero-order valence-corrected chi connectivity index (χ0v) is 13.0. The number of carbonyl (C=O) groups is 1. The van der Waals surface area contributed by atoms with Gasteiger partial charge in [-0.25, -0.2) is 0 Å². The summed E-state index contributed by atoms with van der Waals surface area (Å²) < 4.78 is 1.81. The van der Waals surface area contributed by atoms with Crippen LogP contribution in [-0.4, -0.2) is 20.7 Å². The number of thiophene rings is 1. The molecule has 0 atom stereocenters. The molecule has 1 N–H and O–H groups in total. The zero-order valence-electron chi connectivity index (χ0n) is 12.2. The summed E-state index contributed by atoms with van der Waals surface area (Å²) >= 11 is 1.47. The summed E-state index contributed by atoms with van der Waals surface area (Å²) in [6.07, 6.45) is 4.45. The van der Waals surface area contributed by atoms with Crippen LogP contribution in [0.1, 0.15) is 20.2 Å². The molecule has 22 heavy (non-hydrogen) atoms. The molecule has 6 heteroatoms. The maximum atomic E-state index is 12.1. The Kier molecular flexibility index (Phi) is 4.29. The first-order valence-corrected chi connectivity index (χ1v) is 7.83. The van der Waals surface area contributed by atoms with E-state index >= 15 is 0 Å². The van der Waals surface area contributed by atoms with Crippen molar-refractivity contribution in [2.45, 2.75) is 19.9 Å². The van der Waals surface area contributed by atoms with Crippen molar-refractivity contribution in [2.24, 2.45) is 0 Å². The average molecular weight is 312 g/mol. The highest BCUT2D eigenvalue weighted by Crippen LogP contribution is 2.16. The molecule has 0 aliphatic carbocycles. The minimum Gasteiger partial charge on any atom is -0.304 e. The lowest BCUT2D eigenvalue weighted by atomic mass is 10.3. The number of anilines is 1. The summed E-state index contributed by atoms with van der Waals surface area (Å²) in [5.74, 6) is 0.449. The van der Waals surface area contributed by atoms with Gasteiger partial charge in [0, 0.05) is 42.0 Å². The first-order valence-electron chi connectivity index (χ1n) is 7.02. The highest BCUT2D eigenvalue weighted by molar-refractivity contribution is 7.14. The predicted octanol–water partition coefficient (Wildman–Crippen LogP) is 3.14. The lowest BCUT2D eigenvalue weighted by molar-refractivity contribution is 0.103. The summed E-state index contributed by atoms with van der Waals surface area (Å²) in [5, 5.41) is 7.17. The molecule has 0 bridgehead atoms. The summed E-state index contributed by atoms with van der Waals surface area (Å²) in [7, 11) is 0. The number of nitrogens with one attached hydrogen (secondary N) is 1. The van der Waals surface area contributed by atoms with Gasteiger partial charge in [-0.3, -0.25) is 14.5 Å². The van der Waals surface area contributed by atoms with Crippen LogP contribution in [0.15, 0.2) is 48.8 Å². The Morgan fingerprint density at radius 2 is 2.18 bits per heavy atom. The molecule has 5 nitrogen and oxygen atoms in total. The minimum atomic E-state index is -0.118. The van der Waals surface area contributed by atoms with Gasteiger partial charge in [0.25, 0.3) is 5.91 Å². The van der Waals surface area contributed by atoms with Crippen LogP contribution in [-0.2, 0) is 13.0 Å². The van der Waals surface area contributed by atoms with E-state index in [2.05, 4.69) is 15.4 Å². The molecule has 0 saturated heterocycles. The van der Waals surface area contributed by atoms with Crippen LogP contribution in [0, 0.1) is 6.92 Å². The highest BCUT2D eigenvalue weighted by Gasteiger charge is 2.10. The SMILES string of the molecule is Cc1ccc(C(=O)Nc2ccn(CCc3ccccn3)n2)s1. The van der Waals surface area contributed by atoms with Crippen LogP contribution in [0.3, 0.4) is 0 Å². The van der Waals surface area contributed by atoms with Crippen molar-refractivity contribution in [1.82, 2.24) is 14.8 Å². The van der Waals surface area contributed by atoms with E-state index in [0.717, 1.165) is 23.5 Å². The molecule has 112 valence electrons.